The highest BCUT2D eigenvalue weighted by atomic mass is 79.9. The van der Waals surface area contributed by atoms with Crippen molar-refractivity contribution < 1.29 is 4.74 Å². The van der Waals surface area contributed by atoms with E-state index in [0.29, 0.717) is 6.61 Å². The van der Waals surface area contributed by atoms with Crippen LogP contribution in [0.2, 0.25) is 5.02 Å². The summed E-state index contributed by atoms with van der Waals surface area (Å²) in [6, 6.07) is 6.06. The SMILES string of the molecule is CCCNC(COC(C)C)c1cc(Br)ccc1Cl. The summed E-state index contributed by atoms with van der Waals surface area (Å²) in [5.74, 6) is 0. The Bertz CT molecular complexity index is 371. The highest BCUT2D eigenvalue weighted by molar-refractivity contribution is 9.10. The summed E-state index contributed by atoms with van der Waals surface area (Å²) in [6.45, 7) is 7.82. The Hall–Kier alpha value is -0.0900. The van der Waals surface area contributed by atoms with Gasteiger partial charge in [0.25, 0.3) is 0 Å². The average molecular weight is 335 g/mol. The predicted octanol–water partition coefficient (Wildman–Crippen LogP) is 4.57. The Labute approximate surface area is 123 Å². The summed E-state index contributed by atoms with van der Waals surface area (Å²) in [5.41, 5.74) is 1.08. The van der Waals surface area contributed by atoms with Crippen LogP contribution in [0, 0.1) is 0 Å². The standard InChI is InChI=1S/C14H21BrClNO/c1-4-7-17-14(9-18-10(2)3)12-8-11(15)5-6-13(12)16/h5-6,8,10,14,17H,4,7,9H2,1-3H3. The summed E-state index contributed by atoms with van der Waals surface area (Å²) >= 11 is 9.75. The van der Waals surface area contributed by atoms with E-state index in [0.717, 1.165) is 28.0 Å². The van der Waals surface area contributed by atoms with Gasteiger partial charge in [-0.15, -0.1) is 0 Å². The molecule has 0 radical (unpaired) electrons. The van der Waals surface area contributed by atoms with Crippen LogP contribution in [-0.4, -0.2) is 19.3 Å². The second-order valence-corrected chi connectivity index (χ2v) is 5.88. The predicted molar refractivity (Wildman–Crippen MR) is 81.3 cm³/mol. The zero-order chi connectivity index (χ0) is 13.5. The van der Waals surface area contributed by atoms with Gasteiger partial charge in [-0.2, -0.15) is 0 Å². The van der Waals surface area contributed by atoms with Crippen molar-refractivity contribution in [1.82, 2.24) is 5.32 Å². The van der Waals surface area contributed by atoms with E-state index in [1.165, 1.54) is 0 Å². The van der Waals surface area contributed by atoms with Crippen molar-refractivity contribution in [3.8, 4) is 0 Å². The first-order valence-electron chi connectivity index (χ1n) is 6.34. The molecule has 1 aromatic rings. The van der Waals surface area contributed by atoms with E-state index in [1.54, 1.807) is 0 Å². The first-order valence-corrected chi connectivity index (χ1v) is 7.51. The lowest BCUT2D eigenvalue weighted by Gasteiger charge is -2.21. The Balaban J connectivity index is 2.82. The van der Waals surface area contributed by atoms with E-state index in [2.05, 4.69) is 34.2 Å². The second-order valence-electron chi connectivity index (χ2n) is 4.55. The number of nitrogens with one attached hydrogen (secondary N) is 1. The minimum atomic E-state index is 0.136. The van der Waals surface area contributed by atoms with Crippen LogP contribution in [0.15, 0.2) is 22.7 Å². The van der Waals surface area contributed by atoms with Gasteiger partial charge < -0.3 is 10.1 Å². The Morgan fingerprint density at radius 1 is 1.39 bits per heavy atom. The summed E-state index contributed by atoms with van der Waals surface area (Å²) in [7, 11) is 0. The van der Waals surface area contributed by atoms with Gasteiger partial charge in [0.05, 0.1) is 18.8 Å². The largest absolute Gasteiger partial charge is 0.377 e. The van der Waals surface area contributed by atoms with Crippen molar-refractivity contribution in [2.45, 2.75) is 39.3 Å². The molecule has 1 atom stereocenters. The molecule has 1 unspecified atom stereocenters. The van der Waals surface area contributed by atoms with Gasteiger partial charge in [-0.25, -0.2) is 0 Å². The number of hydrogen-bond donors (Lipinski definition) is 1. The van der Waals surface area contributed by atoms with Gasteiger partial charge in [0, 0.05) is 9.50 Å². The van der Waals surface area contributed by atoms with Crippen molar-refractivity contribution >= 4 is 27.5 Å². The van der Waals surface area contributed by atoms with Crippen molar-refractivity contribution in [1.29, 1.82) is 0 Å². The molecule has 18 heavy (non-hydrogen) atoms. The molecule has 0 fully saturated rings. The highest BCUT2D eigenvalue weighted by Gasteiger charge is 2.15. The molecule has 1 aromatic carbocycles. The molecule has 4 heteroatoms. The normalized spacial score (nSPS) is 13.0. The minimum absolute atomic E-state index is 0.136. The first kappa shape index (κ1) is 16.0. The molecule has 0 aliphatic rings. The molecule has 0 aromatic heterocycles. The molecular weight excluding hydrogens is 314 g/mol. The monoisotopic (exact) mass is 333 g/mol. The average Bonchev–Trinajstić information content (AvgIpc) is 2.32. The molecular formula is C14H21BrClNO. The van der Waals surface area contributed by atoms with Crippen molar-refractivity contribution in [2.24, 2.45) is 0 Å². The zero-order valence-electron chi connectivity index (χ0n) is 11.2. The van der Waals surface area contributed by atoms with Crippen molar-refractivity contribution in [3.63, 3.8) is 0 Å². The van der Waals surface area contributed by atoms with Gasteiger partial charge in [-0.05, 0) is 50.6 Å². The highest BCUT2D eigenvalue weighted by Crippen LogP contribution is 2.27. The van der Waals surface area contributed by atoms with Crippen LogP contribution in [0.1, 0.15) is 38.8 Å². The van der Waals surface area contributed by atoms with E-state index in [1.807, 2.05) is 26.0 Å². The number of hydrogen-bond acceptors (Lipinski definition) is 2. The zero-order valence-corrected chi connectivity index (χ0v) is 13.5. The third kappa shape index (κ3) is 5.27. The molecule has 0 amide bonds. The van der Waals surface area contributed by atoms with E-state index in [9.17, 15) is 0 Å². The molecule has 102 valence electrons. The van der Waals surface area contributed by atoms with Gasteiger partial charge >= 0.3 is 0 Å². The number of rotatable bonds is 7. The van der Waals surface area contributed by atoms with Gasteiger partial charge in [0.15, 0.2) is 0 Å². The second kappa shape index (κ2) is 8.16. The molecule has 0 heterocycles. The van der Waals surface area contributed by atoms with E-state index >= 15 is 0 Å². The summed E-state index contributed by atoms with van der Waals surface area (Å²) in [6.07, 6.45) is 1.31. The van der Waals surface area contributed by atoms with Crippen molar-refractivity contribution in [2.75, 3.05) is 13.2 Å². The lowest BCUT2D eigenvalue weighted by Crippen LogP contribution is -2.27. The molecule has 0 saturated carbocycles. The maximum absolute atomic E-state index is 6.27. The van der Waals surface area contributed by atoms with Crippen LogP contribution in [0.25, 0.3) is 0 Å². The Morgan fingerprint density at radius 3 is 2.72 bits per heavy atom. The molecule has 1 N–H and O–H groups in total. The third-order valence-electron chi connectivity index (χ3n) is 2.57. The Kier molecular flexibility index (Phi) is 7.23. The molecule has 0 aliphatic heterocycles. The van der Waals surface area contributed by atoms with Crippen molar-refractivity contribution in [3.05, 3.63) is 33.3 Å². The minimum Gasteiger partial charge on any atom is -0.377 e. The first-order chi connectivity index (χ1) is 8.54. The fourth-order valence-corrected chi connectivity index (χ4v) is 2.28. The van der Waals surface area contributed by atoms with Crippen LogP contribution in [-0.2, 0) is 4.74 Å². The molecule has 1 rings (SSSR count). The van der Waals surface area contributed by atoms with Gasteiger partial charge in [-0.1, -0.05) is 34.5 Å². The molecule has 0 bridgehead atoms. The molecule has 0 aliphatic carbocycles. The fraction of sp³-hybridized carbons (Fsp3) is 0.571. The van der Waals surface area contributed by atoms with Crippen LogP contribution in [0.3, 0.4) is 0 Å². The lowest BCUT2D eigenvalue weighted by atomic mass is 10.1. The lowest BCUT2D eigenvalue weighted by molar-refractivity contribution is 0.0611. The maximum Gasteiger partial charge on any atom is 0.0665 e. The Morgan fingerprint density at radius 2 is 2.11 bits per heavy atom. The summed E-state index contributed by atoms with van der Waals surface area (Å²) in [5, 5.41) is 4.26. The van der Waals surface area contributed by atoms with Gasteiger partial charge in [0.2, 0.25) is 0 Å². The van der Waals surface area contributed by atoms with Crippen LogP contribution in [0.4, 0.5) is 0 Å². The van der Waals surface area contributed by atoms with E-state index < -0.39 is 0 Å². The number of halogens is 2. The van der Waals surface area contributed by atoms with E-state index in [4.69, 9.17) is 16.3 Å². The molecule has 2 nitrogen and oxygen atoms in total. The van der Waals surface area contributed by atoms with Gasteiger partial charge in [-0.3, -0.25) is 0 Å². The maximum atomic E-state index is 6.27. The molecule has 0 saturated heterocycles. The smallest absolute Gasteiger partial charge is 0.0665 e. The number of benzene rings is 1. The quantitative estimate of drug-likeness (QED) is 0.788. The third-order valence-corrected chi connectivity index (χ3v) is 3.41. The van der Waals surface area contributed by atoms with Crippen LogP contribution in [0.5, 0.6) is 0 Å². The summed E-state index contributed by atoms with van der Waals surface area (Å²) < 4.78 is 6.75. The van der Waals surface area contributed by atoms with Crippen LogP contribution >= 0.6 is 27.5 Å². The van der Waals surface area contributed by atoms with Crippen LogP contribution < -0.4 is 5.32 Å². The summed E-state index contributed by atoms with van der Waals surface area (Å²) in [4.78, 5) is 0. The number of ether oxygens (including phenoxy) is 1. The van der Waals surface area contributed by atoms with E-state index in [-0.39, 0.29) is 12.1 Å². The van der Waals surface area contributed by atoms with Gasteiger partial charge in [0.1, 0.15) is 0 Å². The topological polar surface area (TPSA) is 21.3 Å². The fourth-order valence-electron chi connectivity index (χ4n) is 1.65. The molecule has 0 spiro atoms.